The van der Waals surface area contributed by atoms with Gasteiger partial charge in [-0.05, 0) is 6.07 Å². The highest BCUT2D eigenvalue weighted by Gasteiger charge is 2.34. The smallest absolute Gasteiger partial charge is 0.232 e. The fourth-order valence-electron chi connectivity index (χ4n) is 2.66. The van der Waals surface area contributed by atoms with Crippen LogP contribution in [0, 0.1) is 5.92 Å². The number of nitrogens with two attached hydrogens (primary N) is 1. The summed E-state index contributed by atoms with van der Waals surface area (Å²) in [6.07, 6.45) is 1.72. The highest BCUT2D eigenvalue weighted by molar-refractivity contribution is 7.89. The minimum absolute atomic E-state index is 0.134. The summed E-state index contributed by atoms with van der Waals surface area (Å²) in [5.41, 5.74) is 1.63. The molecule has 0 bridgehead atoms. The maximum Gasteiger partial charge on any atom is 0.232 e. The first-order chi connectivity index (χ1) is 10.9. The molecule has 1 amide bonds. The topological polar surface area (TPSA) is 106 Å². The molecule has 2 aromatic rings. The van der Waals surface area contributed by atoms with E-state index in [1.165, 1.54) is 4.90 Å². The van der Waals surface area contributed by atoms with Crippen LogP contribution in [0.3, 0.4) is 0 Å². The Bertz CT molecular complexity index is 824. The van der Waals surface area contributed by atoms with Gasteiger partial charge in [0, 0.05) is 30.6 Å². The van der Waals surface area contributed by atoms with Gasteiger partial charge in [-0.25, -0.2) is 23.5 Å². The number of carbonyl (C=O) groups excluding carboxylic acids is 1. The van der Waals surface area contributed by atoms with Gasteiger partial charge in [-0.3, -0.25) is 9.69 Å². The molecule has 2 heterocycles. The van der Waals surface area contributed by atoms with Crippen molar-refractivity contribution in [2.45, 2.75) is 6.42 Å². The maximum atomic E-state index is 12.1. The van der Waals surface area contributed by atoms with E-state index < -0.39 is 10.0 Å². The number of hydrogen-bond donors (Lipinski definition) is 1. The largest absolute Gasteiger partial charge is 0.280 e. The van der Waals surface area contributed by atoms with Crippen LogP contribution in [0.4, 0.5) is 5.95 Å². The number of nitrogens with zero attached hydrogens (tertiary/aromatic N) is 3. The summed E-state index contributed by atoms with van der Waals surface area (Å²) in [4.78, 5) is 22.1. The molecular formula is C15H16N4O3S. The molecular weight excluding hydrogens is 316 g/mol. The van der Waals surface area contributed by atoms with Crippen molar-refractivity contribution in [3.05, 3.63) is 42.6 Å². The SMILES string of the molecule is NS(=O)(=O)CC1CC(=O)N(c2nccc(-c3ccccc3)n2)C1. The Balaban J connectivity index is 1.84. The molecule has 23 heavy (non-hydrogen) atoms. The number of sulfonamides is 1. The molecule has 3 rings (SSSR count). The van der Waals surface area contributed by atoms with E-state index in [0.29, 0.717) is 5.69 Å². The number of rotatable bonds is 4. The second-order valence-electron chi connectivity index (χ2n) is 5.51. The lowest BCUT2D eigenvalue weighted by Crippen LogP contribution is -2.28. The van der Waals surface area contributed by atoms with Gasteiger partial charge in [0.2, 0.25) is 21.9 Å². The number of amides is 1. The Labute approximate surface area is 134 Å². The van der Waals surface area contributed by atoms with Gasteiger partial charge in [0.15, 0.2) is 0 Å². The van der Waals surface area contributed by atoms with Crippen molar-refractivity contribution in [1.29, 1.82) is 0 Å². The summed E-state index contributed by atoms with van der Waals surface area (Å²) >= 11 is 0. The van der Waals surface area contributed by atoms with Crippen molar-refractivity contribution in [2.75, 3.05) is 17.2 Å². The van der Waals surface area contributed by atoms with Crippen molar-refractivity contribution in [3.63, 3.8) is 0 Å². The van der Waals surface area contributed by atoms with Crippen LogP contribution in [0.25, 0.3) is 11.3 Å². The fraction of sp³-hybridized carbons (Fsp3) is 0.267. The molecule has 1 aliphatic rings. The summed E-state index contributed by atoms with van der Waals surface area (Å²) in [6, 6.07) is 11.3. The Morgan fingerprint density at radius 1 is 1.22 bits per heavy atom. The van der Waals surface area contributed by atoms with Crippen molar-refractivity contribution in [3.8, 4) is 11.3 Å². The second kappa shape index (κ2) is 6.05. The van der Waals surface area contributed by atoms with Gasteiger partial charge in [0.25, 0.3) is 0 Å². The van der Waals surface area contributed by atoms with Crippen LogP contribution in [-0.2, 0) is 14.8 Å². The molecule has 1 saturated heterocycles. The molecule has 1 atom stereocenters. The molecule has 7 nitrogen and oxygen atoms in total. The molecule has 8 heteroatoms. The van der Waals surface area contributed by atoms with Crippen LogP contribution in [-0.4, -0.2) is 36.6 Å². The van der Waals surface area contributed by atoms with Gasteiger partial charge >= 0.3 is 0 Å². The van der Waals surface area contributed by atoms with Crippen LogP contribution < -0.4 is 10.0 Å². The Kier molecular flexibility index (Phi) is 4.10. The normalized spacial score (nSPS) is 18.4. The first-order valence-electron chi connectivity index (χ1n) is 7.12. The first-order valence-corrected chi connectivity index (χ1v) is 8.83. The van der Waals surface area contributed by atoms with Crippen LogP contribution in [0.5, 0.6) is 0 Å². The lowest BCUT2D eigenvalue weighted by molar-refractivity contribution is -0.117. The maximum absolute atomic E-state index is 12.1. The number of hydrogen-bond acceptors (Lipinski definition) is 5. The van der Waals surface area contributed by atoms with Crippen LogP contribution in [0.1, 0.15) is 6.42 Å². The van der Waals surface area contributed by atoms with E-state index in [1.54, 1.807) is 12.3 Å². The summed E-state index contributed by atoms with van der Waals surface area (Å²) < 4.78 is 22.4. The monoisotopic (exact) mass is 332 g/mol. The molecule has 1 aromatic carbocycles. The lowest BCUT2D eigenvalue weighted by atomic mass is 10.1. The van der Waals surface area contributed by atoms with Gasteiger partial charge in [0.1, 0.15) is 0 Å². The highest BCUT2D eigenvalue weighted by atomic mass is 32.2. The average Bonchev–Trinajstić information content (AvgIpc) is 2.87. The molecule has 1 aliphatic heterocycles. The fourth-order valence-corrected chi connectivity index (χ4v) is 3.54. The minimum atomic E-state index is -3.61. The summed E-state index contributed by atoms with van der Waals surface area (Å²) in [6.45, 7) is 0.257. The Morgan fingerprint density at radius 2 is 1.96 bits per heavy atom. The van der Waals surface area contributed by atoms with Crippen molar-refractivity contribution < 1.29 is 13.2 Å². The second-order valence-corrected chi connectivity index (χ2v) is 7.17. The molecule has 1 aromatic heterocycles. The summed E-state index contributed by atoms with van der Waals surface area (Å²) in [5, 5.41) is 5.06. The standard InChI is InChI=1S/C15H16N4O3S/c16-23(21,22)10-11-8-14(20)19(9-11)15-17-7-6-13(18-15)12-4-2-1-3-5-12/h1-7,11H,8-10H2,(H2,16,21,22). The number of anilines is 1. The zero-order chi connectivity index (χ0) is 16.4. The molecule has 1 unspecified atom stereocenters. The van der Waals surface area contributed by atoms with Gasteiger partial charge in [-0.15, -0.1) is 0 Å². The lowest BCUT2D eigenvalue weighted by Gasteiger charge is -2.15. The quantitative estimate of drug-likeness (QED) is 0.890. The van der Waals surface area contributed by atoms with Gasteiger partial charge < -0.3 is 0 Å². The summed E-state index contributed by atoms with van der Waals surface area (Å²) in [5.74, 6) is -0.452. The average molecular weight is 332 g/mol. The van der Waals surface area contributed by atoms with E-state index in [2.05, 4.69) is 9.97 Å². The van der Waals surface area contributed by atoms with E-state index in [9.17, 15) is 13.2 Å². The number of benzene rings is 1. The Hall–Kier alpha value is -2.32. The molecule has 0 aliphatic carbocycles. The van der Waals surface area contributed by atoms with E-state index >= 15 is 0 Å². The Morgan fingerprint density at radius 3 is 2.65 bits per heavy atom. The number of primary sulfonamides is 1. The molecule has 0 radical (unpaired) electrons. The molecule has 0 saturated carbocycles. The van der Waals surface area contributed by atoms with Crippen LogP contribution in [0.15, 0.2) is 42.6 Å². The van der Waals surface area contributed by atoms with E-state index in [0.717, 1.165) is 5.56 Å². The third-order valence-corrected chi connectivity index (χ3v) is 4.56. The van der Waals surface area contributed by atoms with Gasteiger partial charge in [-0.1, -0.05) is 30.3 Å². The van der Waals surface area contributed by atoms with E-state index in [-0.39, 0.29) is 36.5 Å². The first kappa shape index (κ1) is 15.6. The molecule has 120 valence electrons. The van der Waals surface area contributed by atoms with Crippen molar-refractivity contribution in [1.82, 2.24) is 9.97 Å². The van der Waals surface area contributed by atoms with Crippen LogP contribution in [0.2, 0.25) is 0 Å². The predicted molar refractivity (Wildman–Crippen MR) is 85.9 cm³/mol. The highest BCUT2D eigenvalue weighted by Crippen LogP contribution is 2.25. The predicted octanol–water partition coefficient (Wildman–Crippen LogP) is 0.785. The zero-order valence-corrected chi connectivity index (χ0v) is 13.1. The van der Waals surface area contributed by atoms with Gasteiger partial charge in [-0.2, -0.15) is 0 Å². The molecule has 1 fully saturated rings. The van der Waals surface area contributed by atoms with Crippen LogP contribution >= 0.6 is 0 Å². The third-order valence-electron chi connectivity index (χ3n) is 3.63. The number of aromatic nitrogens is 2. The van der Waals surface area contributed by atoms with Crippen molar-refractivity contribution >= 4 is 21.9 Å². The zero-order valence-electron chi connectivity index (χ0n) is 12.3. The summed E-state index contributed by atoms with van der Waals surface area (Å²) in [7, 11) is -3.61. The minimum Gasteiger partial charge on any atom is -0.280 e. The van der Waals surface area contributed by atoms with E-state index in [4.69, 9.17) is 5.14 Å². The molecule has 2 N–H and O–H groups in total. The molecule has 0 spiro atoms. The van der Waals surface area contributed by atoms with E-state index in [1.807, 2.05) is 30.3 Å². The van der Waals surface area contributed by atoms with Crippen molar-refractivity contribution in [2.24, 2.45) is 11.1 Å². The van der Waals surface area contributed by atoms with Gasteiger partial charge in [0.05, 0.1) is 11.4 Å². The number of carbonyl (C=O) groups is 1. The third kappa shape index (κ3) is 3.72.